The fraction of sp³-hybridized carbons (Fsp3) is 0.235. The van der Waals surface area contributed by atoms with Crippen molar-refractivity contribution in [3.63, 3.8) is 0 Å². The first-order chi connectivity index (χ1) is 10.9. The van der Waals surface area contributed by atoms with Gasteiger partial charge in [-0.3, -0.25) is 4.79 Å². The molecule has 0 aromatic heterocycles. The third-order valence-electron chi connectivity index (χ3n) is 2.86. The maximum absolute atomic E-state index is 13.1. The molecule has 0 unspecified atom stereocenters. The van der Waals surface area contributed by atoms with Crippen LogP contribution in [0.1, 0.15) is 13.8 Å². The first kappa shape index (κ1) is 17.1. The first-order valence-electron chi connectivity index (χ1n) is 7.19. The Bertz CT molecular complexity index is 692. The van der Waals surface area contributed by atoms with Gasteiger partial charge in [-0.25, -0.2) is 4.39 Å². The Kier molecular flexibility index (Phi) is 5.82. The van der Waals surface area contributed by atoms with Crippen molar-refractivity contribution in [2.75, 3.05) is 17.2 Å². The lowest BCUT2D eigenvalue weighted by Gasteiger charge is -2.12. The quantitative estimate of drug-likeness (QED) is 0.826. The number of carbonyl (C=O) groups is 1. The van der Waals surface area contributed by atoms with E-state index in [0.29, 0.717) is 17.1 Å². The second kappa shape index (κ2) is 7.83. The summed E-state index contributed by atoms with van der Waals surface area (Å²) in [4.78, 5) is 11.9. The summed E-state index contributed by atoms with van der Waals surface area (Å²) < 4.78 is 18.6. The van der Waals surface area contributed by atoms with Gasteiger partial charge in [0.05, 0.1) is 17.7 Å². The summed E-state index contributed by atoms with van der Waals surface area (Å²) in [5.74, 6) is -0.0353. The number of anilines is 2. The maximum Gasteiger partial charge on any atom is 0.243 e. The second-order valence-electron chi connectivity index (χ2n) is 5.23. The van der Waals surface area contributed by atoms with Crippen LogP contribution in [0.3, 0.4) is 0 Å². The average molecular weight is 337 g/mol. The normalized spacial score (nSPS) is 10.5. The van der Waals surface area contributed by atoms with Crippen LogP contribution in [0.15, 0.2) is 42.5 Å². The summed E-state index contributed by atoms with van der Waals surface area (Å²) in [7, 11) is 0. The maximum atomic E-state index is 13.1. The number of hydrogen-bond donors (Lipinski definition) is 2. The lowest BCUT2D eigenvalue weighted by molar-refractivity contribution is -0.114. The van der Waals surface area contributed by atoms with E-state index in [2.05, 4.69) is 10.6 Å². The molecule has 122 valence electrons. The van der Waals surface area contributed by atoms with Gasteiger partial charge in [-0.05, 0) is 44.2 Å². The minimum Gasteiger partial charge on any atom is -0.491 e. The van der Waals surface area contributed by atoms with Gasteiger partial charge < -0.3 is 15.4 Å². The number of amides is 1. The highest BCUT2D eigenvalue weighted by molar-refractivity contribution is 6.31. The molecule has 4 nitrogen and oxygen atoms in total. The third-order valence-corrected chi connectivity index (χ3v) is 3.15. The zero-order chi connectivity index (χ0) is 16.8. The Labute approximate surface area is 139 Å². The van der Waals surface area contributed by atoms with Crippen LogP contribution in [0.25, 0.3) is 0 Å². The Morgan fingerprint density at radius 3 is 2.70 bits per heavy atom. The number of halogens is 2. The van der Waals surface area contributed by atoms with Crippen LogP contribution < -0.4 is 15.4 Å². The Hall–Kier alpha value is -2.27. The molecule has 0 radical (unpaired) electrons. The van der Waals surface area contributed by atoms with Crippen LogP contribution in [0, 0.1) is 5.82 Å². The van der Waals surface area contributed by atoms with Gasteiger partial charge in [0.1, 0.15) is 11.6 Å². The van der Waals surface area contributed by atoms with Gasteiger partial charge >= 0.3 is 0 Å². The lowest BCUT2D eigenvalue weighted by atomic mass is 10.3. The molecular formula is C17H18ClFN2O2. The van der Waals surface area contributed by atoms with E-state index in [1.165, 1.54) is 18.2 Å². The van der Waals surface area contributed by atoms with Crippen molar-refractivity contribution in [2.24, 2.45) is 0 Å². The first-order valence-corrected chi connectivity index (χ1v) is 7.57. The summed E-state index contributed by atoms with van der Waals surface area (Å²) in [6.45, 7) is 3.91. The molecule has 0 fully saturated rings. The SMILES string of the molecule is CC(C)Oc1cccc(NC(=O)CNc2ccc(F)c(Cl)c2)c1. The summed E-state index contributed by atoms with van der Waals surface area (Å²) in [5.41, 5.74) is 1.22. The Morgan fingerprint density at radius 1 is 1.22 bits per heavy atom. The number of benzene rings is 2. The minimum atomic E-state index is -0.497. The van der Waals surface area contributed by atoms with E-state index in [-0.39, 0.29) is 23.6 Å². The third kappa shape index (κ3) is 5.45. The molecule has 0 atom stereocenters. The molecule has 1 amide bonds. The highest BCUT2D eigenvalue weighted by Gasteiger charge is 2.06. The van der Waals surface area contributed by atoms with Gasteiger partial charge in [0.15, 0.2) is 0 Å². The van der Waals surface area contributed by atoms with E-state index >= 15 is 0 Å². The van der Waals surface area contributed by atoms with Crippen LogP contribution in [-0.4, -0.2) is 18.6 Å². The highest BCUT2D eigenvalue weighted by Crippen LogP contribution is 2.20. The van der Waals surface area contributed by atoms with Crippen LogP contribution in [0.4, 0.5) is 15.8 Å². The van der Waals surface area contributed by atoms with Crippen LogP contribution in [0.2, 0.25) is 5.02 Å². The fourth-order valence-electron chi connectivity index (χ4n) is 1.91. The molecule has 0 saturated carbocycles. The lowest BCUT2D eigenvalue weighted by Crippen LogP contribution is -2.21. The van der Waals surface area contributed by atoms with Gasteiger partial charge in [-0.15, -0.1) is 0 Å². The predicted octanol–water partition coefficient (Wildman–Crippen LogP) is 4.32. The summed E-state index contributed by atoms with van der Waals surface area (Å²) in [5, 5.41) is 5.66. The molecule has 0 aliphatic carbocycles. The summed E-state index contributed by atoms with van der Waals surface area (Å²) in [6, 6.07) is 11.4. The number of ether oxygens (including phenoxy) is 1. The van der Waals surface area contributed by atoms with Gasteiger partial charge in [0.25, 0.3) is 0 Å². The molecule has 0 spiro atoms. The molecule has 2 aromatic carbocycles. The summed E-state index contributed by atoms with van der Waals surface area (Å²) in [6.07, 6.45) is 0.0610. The van der Waals surface area contributed by atoms with Crippen molar-refractivity contribution >= 4 is 28.9 Å². The highest BCUT2D eigenvalue weighted by atomic mass is 35.5. The van der Waals surface area contributed by atoms with Crippen LogP contribution >= 0.6 is 11.6 Å². The molecule has 0 bridgehead atoms. The van der Waals surface area contributed by atoms with Gasteiger partial charge in [0, 0.05) is 17.4 Å². The predicted molar refractivity (Wildman–Crippen MR) is 90.7 cm³/mol. The minimum absolute atomic E-state index is 0.00828. The second-order valence-corrected chi connectivity index (χ2v) is 5.63. The molecular weight excluding hydrogens is 319 g/mol. The Balaban J connectivity index is 1.90. The van der Waals surface area contributed by atoms with Crippen molar-refractivity contribution in [1.29, 1.82) is 0 Å². The Morgan fingerprint density at radius 2 is 2.00 bits per heavy atom. The van der Waals surface area contributed by atoms with Gasteiger partial charge in [0.2, 0.25) is 5.91 Å². The van der Waals surface area contributed by atoms with Crippen molar-refractivity contribution in [3.8, 4) is 5.75 Å². The van der Waals surface area contributed by atoms with Crippen molar-refractivity contribution in [3.05, 3.63) is 53.3 Å². The standard InChI is InChI=1S/C17H18ClFN2O2/c1-11(2)23-14-5-3-4-13(8-14)21-17(22)10-20-12-6-7-16(19)15(18)9-12/h3-9,11,20H,10H2,1-2H3,(H,21,22). The zero-order valence-electron chi connectivity index (χ0n) is 12.9. The fourth-order valence-corrected chi connectivity index (χ4v) is 2.09. The van der Waals surface area contributed by atoms with E-state index in [4.69, 9.17) is 16.3 Å². The summed E-state index contributed by atoms with van der Waals surface area (Å²) >= 11 is 5.69. The molecule has 2 N–H and O–H groups in total. The van der Waals surface area contributed by atoms with Crippen molar-refractivity contribution in [2.45, 2.75) is 20.0 Å². The van der Waals surface area contributed by atoms with Crippen LogP contribution in [0.5, 0.6) is 5.75 Å². The van der Waals surface area contributed by atoms with E-state index < -0.39 is 5.82 Å². The van der Waals surface area contributed by atoms with E-state index in [1.807, 2.05) is 19.9 Å². The molecule has 23 heavy (non-hydrogen) atoms. The number of nitrogens with one attached hydrogen (secondary N) is 2. The topological polar surface area (TPSA) is 50.4 Å². The molecule has 0 saturated heterocycles. The molecule has 6 heteroatoms. The molecule has 0 heterocycles. The van der Waals surface area contributed by atoms with E-state index in [0.717, 1.165) is 0 Å². The number of carbonyl (C=O) groups excluding carboxylic acids is 1. The average Bonchev–Trinajstić information content (AvgIpc) is 2.48. The van der Waals surface area contributed by atoms with Gasteiger partial charge in [-0.2, -0.15) is 0 Å². The number of hydrogen-bond acceptors (Lipinski definition) is 3. The number of rotatable bonds is 6. The van der Waals surface area contributed by atoms with Crippen molar-refractivity contribution < 1.29 is 13.9 Å². The van der Waals surface area contributed by atoms with Crippen LogP contribution in [-0.2, 0) is 4.79 Å². The van der Waals surface area contributed by atoms with E-state index in [1.54, 1.807) is 18.2 Å². The molecule has 2 aromatic rings. The molecule has 2 rings (SSSR count). The largest absolute Gasteiger partial charge is 0.491 e. The molecule has 0 aliphatic rings. The van der Waals surface area contributed by atoms with E-state index in [9.17, 15) is 9.18 Å². The zero-order valence-corrected chi connectivity index (χ0v) is 13.7. The molecule has 0 aliphatic heterocycles. The van der Waals surface area contributed by atoms with Gasteiger partial charge in [-0.1, -0.05) is 17.7 Å². The smallest absolute Gasteiger partial charge is 0.243 e. The monoisotopic (exact) mass is 336 g/mol. The van der Waals surface area contributed by atoms with Crippen molar-refractivity contribution in [1.82, 2.24) is 0 Å².